The minimum absolute atomic E-state index is 0.137. The van der Waals surface area contributed by atoms with Crippen molar-refractivity contribution >= 4 is 10.2 Å². The molecule has 1 aromatic heterocycles. The minimum atomic E-state index is -3.70. The Bertz CT molecular complexity index is 632. The molecule has 9 heteroatoms. The summed E-state index contributed by atoms with van der Waals surface area (Å²) in [6.45, 7) is 0.298. The highest BCUT2D eigenvalue weighted by Crippen LogP contribution is 2.30. The van der Waals surface area contributed by atoms with Crippen LogP contribution in [-0.2, 0) is 10.2 Å². The molecule has 0 radical (unpaired) electrons. The van der Waals surface area contributed by atoms with Crippen LogP contribution in [-0.4, -0.2) is 60.2 Å². The molecule has 3 heterocycles. The van der Waals surface area contributed by atoms with Gasteiger partial charge in [-0.25, -0.2) is 8.78 Å². The van der Waals surface area contributed by atoms with Gasteiger partial charge in [0.1, 0.15) is 11.9 Å². The molecular weight excluding hydrogens is 328 g/mol. The number of hydrogen-bond acceptors (Lipinski definition) is 4. The van der Waals surface area contributed by atoms with Crippen LogP contribution in [0, 0.1) is 0 Å². The monoisotopic (exact) mass is 347 g/mol. The maximum absolute atomic E-state index is 13.2. The lowest BCUT2D eigenvalue weighted by Gasteiger charge is -2.33. The highest BCUT2D eigenvalue weighted by Gasteiger charge is 2.42. The summed E-state index contributed by atoms with van der Waals surface area (Å²) in [5.41, 5.74) is 0. The molecule has 0 amide bonds. The third kappa shape index (κ3) is 3.78. The first kappa shape index (κ1) is 16.5. The van der Waals surface area contributed by atoms with E-state index < -0.39 is 29.0 Å². The predicted octanol–water partition coefficient (Wildman–Crippen LogP) is 1.51. The van der Waals surface area contributed by atoms with Crippen molar-refractivity contribution in [2.75, 3.05) is 26.2 Å². The van der Waals surface area contributed by atoms with Gasteiger partial charge in [0.2, 0.25) is 0 Å². The standard InChI is InChI=1S/C14H19F2N3O3S/c15-14(16)4-9-18(10-5-14)23(20,21)19-8-3-13(11-19)22-12-1-6-17-7-2-12/h1-2,6-7,13H,3-5,8-11H2. The third-order valence-corrected chi connectivity index (χ3v) is 6.17. The van der Waals surface area contributed by atoms with E-state index in [1.165, 1.54) is 4.31 Å². The van der Waals surface area contributed by atoms with Crippen LogP contribution in [0.25, 0.3) is 0 Å². The van der Waals surface area contributed by atoms with Gasteiger partial charge in [-0.3, -0.25) is 4.98 Å². The van der Waals surface area contributed by atoms with Gasteiger partial charge in [0, 0.05) is 44.9 Å². The van der Waals surface area contributed by atoms with E-state index in [1.807, 2.05) is 0 Å². The van der Waals surface area contributed by atoms with Crippen molar-refractivity contribution in [3.63, 3.8) is 0 Å². The molecule has 128 valence electrons. The number of pyridine rings is 1. The van der Waals surface area contributed by atoms with Gasteiger partial charge in [0.15, 0.2) is 0 Å². The second-order valence-electron chi connectivity index (χ2n) is 5.83. The summed E-state index contributed by atoms with van der Waals surface area (Å²) in [7, 11) is -3.70. The van der Waals surface area contributed by atoms with Gasteiger partial charge in [-0.2, -0.15) is 17.0 Å². The SMILES string of the molecule is O=S(=O)(N1CCC(F)(F)CC1)N1CCC(Oc2ccncc2)C1. The molecule has 0 aromatic carbocycles. The van der Waals surface area contributed by atoms with Gasteiger partial charge in [-0.15, -0.1) is 0 Å². The van der Waals surface area contributed by atoms with E-state index >= 15 is 0 Å². The summed E-state index contributed by atoms with van der Waals surface area (Å²) in [6.07, 6.45) is 2.71. The summed E-state index contributed by atoms with van der Waals surface area (Å²) in [4.78, 5) is 3.89. The van der Waals surface area contributed by atoms with Gasteiger partial charge in [-0.1, -0.05) is 0 Å². The number of aromatic nitrogens is 1. The van der Waals surface area contributed by atoms with Gasteiger partial charge >= 0.3 is 0 Å². The van der Waals surface area contributed by atoms with Crippen molar-refractivity contribution in [2.24, 2.45) is 0 Å². The Balaban J connectivity index is 1.59. The van der Waals surface area contributed by atoms with Crippen molar-refractivity contribution in [3.8, 4) is 5.75 Å². The molecule has 0 saturated carbocycles. The highest BCUT2D eigenvalue weighted by atomic mass is 32.2. The number of hydrogen-bond donors (Lipinski definition) is 0. The van der Waals surface area contributed by atoms with E-state index in [0.717, 1.165) is 4.31 Å². The Labute approximate surface area is 134 Å². The summed E-state index contributed by atoms with van der Waals surface area (Å²) >= 11 is 0. The zero-order chi connectivity index (χ0) is 16.5. The van der Waals surface area contributed by atoms with Gasteiger partial charge in [0.05, 0.1) is 6.54 Å². The first-order valence-electron chi connectivity index (χ1n) is 7.57. The summed E-state index contributed by atoms with van der Waals surface area (Å²) < 4.78 is 59.7. The van der Waals surface area contributed by atoms with Crippen LogP contribution in [0.4, 0.5) is 8.78 Å². The Morgan fingerprint density at radius 2 is 1.78 bits per heavy atom. The van der Waals surface area contributed by atoms with Crippen LogP contribution in [0.1, 0.15) is 19.3 Å². The second kappa shape index (κ2) is 6.29. The van der Waals surface area contributed by atoms with E-state index in [4.69, 9.17) is 4.74 Å². The molecule has 2 saturated heterocycles. The number of rotatable bonds is 4. The molecule has 1 unspecified atom stereocenters. The third-order valence-electron chi connectivity index (χ3n) is 4.17. The van der Waals surface area contributed by atoms with E-state index in [9.17, 15) is 17.2 Å². The molecule has 6 nitrogen and oxygen atoms in total. The molecule has 3 rings (SSSR count). The minimum Gasteiger partial charge on any atom is -0.489 e. The molecule has 0 spiro atoms. The molecule has 0 N–H and O–H groups in total. The lowest BCUT2D eigenvalue weighted by Crippen LogP contribution is -2.48. The maximum Gasteiger partial charge on any atom is 0.282 e. The second-order valence-corrected chi connectivity index (χ2v) is 7.76. The van der Waals surface area contributed by atoms with Crippen molar-refractivity contribution in [3.05, 3.63) is 24.5 Å². The van der Waals surface area contributed by atoms with Crippen molar-refractivity contribution in [1.82, 2.24) is 13.6 Å². The number of halogens is 2. The van der Waals surface area contributed by atoms with Crippen molar-refractivity contribution < 1.29 is 21.9 Å². The first-order chi connectivity index (χ1) is 10.9. The van der Waals surface area contributed by atoms with Crippen LogP contribution in [0.3, 0.4) is 0 Å². The zero-order valence-corrected chi connectivity index (χ0v) is 13.4. The van der Waals surface area contributed by atoms with Gasteiger partial charge < -0.3 is 4.74 Å². The van der Waals surface area contributed by atoms with E-state index in [-0.39, 0.29) is 25.7 Å². The van der Waals surface area contributed by atoms with Crippen LogP contribution in [0.15, 0.2) is 24.5 Å². The van der Waals surface area contributed by atoms with Crippen molar-refractivity contribution in [2.45, 2.75) is 31.3 Å². The van der Waals surface area contributed by atoms with Crippen LogP contribution in [0.2, 0.25) is 0 Å². The predicted molar refractivity (Wildman–Crippen MR) is 79.5 cm³/mol. The fraction of sp³-hybridized carbons (Fsp3) is 0.643. The summed E-state index contributed by atoms with van der Waals surface area (Å²) in [5, 5.41) is 0. The summed E-state index contributed by atoms with van der Waals surface area (Å²) in [5.74, 6) is -2.12. The Morgan fingerprint density at radius 3 is 2.43 bits per heavy atom. The largest absolute Gasteiger partial charge is 0.489 e. The molecule has 23 heavy (non-hydrogen) atoms. The molecule has 2 aliphatic rings. The van der Waals surface area contributed by atoms with Crippen LogP contribution in [0.5, 0.6) is 5.75 Å². The number of nitrogens with zero attached hydrogens (tertiary/aromatic N) is 3. The quantitative estimate of drug-likeness (QED) is 0.828. The Morgan fingerprint density at radius 1 is 1.13 bits per heavy atom. The van der Waals surface area contributed by atoms with E-state index in [1.54, 1.807) is 24.5 Å². The molecule has 1 aromatic rings. The average molecular weight is 347 g/mol. The average Bonchev–Trinajstić information content (AvgIpc) is 2.97. The molecule has 1 atom stereocenters. The normalized spacial score (nSPS) is 26.3. The fourth-order valence-corrected chi connectivity index (χ4v) is 4.48. The topological polar surface area (TPSA) is 62.7 Å². The lowest BCUT2D eigenvalue weighted by molar-refractivity contribution is -0.0418. The summed E-state index contributed by atoms with van der Waals surface area (Å²) in [6, 6.07) is 3.42. The van der Waals surface area contributed by atoms with Crippen LogP contribution < -0.4 is 4.74 Å². The van der Waals surface area contributed by atoms with Crippen LogP contribution >= 0.6 is 0 Å². The molecule has 2 aliphatic heterocycles. The number of piperidine rings is 1. The Kier molecular flexibility index (Phi) is 4.52. The fourth-order valence-electron chi connectivity index (χ4n) is 2.82. The lowest BCUT2D eigenvalue weighted by atomic mass is 10.1. The molecular formula is C14H19F2N3O3S. The maximum atomic E-state index is 13.2. The highest BCUT2D eigenvalue weighted by molar-refractivity contribution is 7.86. The smallest absolute Gasteiger partial charge is 0.282 e. The van der Waals surface area contributed by atoms with Gasteiger partial charge in [0.25, 0.3) is 16.1 Å². The van der Waals surface area contributed by atoms with E-state index in [0.29, 0.717) is 18.7 Å². The zero-order valence-electron chi connectivity index (χ0n) is 12.6. The number of ether oxygens (including phenoxy) is 1. The number of alkyl halides is 2. The van der Waals surface area contributed by atoms with E-state index in [2.05, 4.69) is 4.98 Å². The molecule has 0 bridgehead atoms. The molecule has 2 fully saturated rings. The molecule has 0 aliphatic carbocycles. The van der Waals surface area contributed by atoms with Gasteiger partial charge in [-0.05, 0) is 18.6 Å². The Hall–Kier alpha value is -1.32. The van der Waals surface area contributed by atoms with Crippen molar-refractivity contribution in [1.29, 1.82) is 0 Å². The first-order valence-corrected chi connectivity index (χ1v) is 8.96.